The maximum atomic E-state index is 13.1. The molecule has 9 heteroatoms. The zero-order chi connectivity index (χ0) is 22.4. The van der Waals surface area contributed by atoms with Crippen molar-refractivity contribution < 1.29 is 4.79 Å². The quantitative estimate of drug-likeness (QED) is 0.431. The van der Waals surface area contributed by atoms with Crippen LogP contribution in [0.5, 0.6) is 0 Å². The second-order valence-electron chi connectivity index (χ2n) is 8.13. The van der Waals surface area contributed by atoms with Crippen LogP contribution < -0.4 is 4.90 Å². The van der Waals surface area contributed by atoms with Crippen LogP contribution >= 0.6 is 0 Å². The lowest BCUT2D eigenvalue weighted by atomic mass is 10.1. The SMILES string of the molecule is Cn1ncc2c(N3CCN(C(=O)c4ccc(-n5cnc6ccccc65)cc4)CC3)ncnc21. The van der Waals surface area contributed by atoms with Gasteiger partial charge in [-0.2, -0.15) is 5.10 Å². The second kappa shape index (κ2) is 7.70. The molecule has 2 aromatic carbocycles. The summed E-state index contributed by atoms with van der Waals surface area (Å²) in [5.74, 6) is 0.919. The topological polar surface area (TPSA) is 85.0 Å². The number of hydrogen-bond acceptors (Lipinski definition) is 6. The normalized spacial score (nSPS) is 14.3. The van der Waals surface area contributed by atoms with Gasteiger partial charge < -0.3 is 9.80 Å². The Morgan fingerprint density at radius 1 is 0.909 bits per heavy atom. The molecule has 3 aromatic heterocycles. The molecule has 1 saturated heterocycles. The number of hydrogen-bond donors (Lipinski definition) is 0. The Morgan fingerprint density at radius 3 is 2.52 bits per heavy atom. The number of aryl methyl sites for hydroxylation is 1. The van der Waals surface area contributed by atoms with Crippen LogP contribution in [0.1, 0.15) is 10.4 Å². The number of carbonyl (C=O) groups excluding carboxylic acids is 1. The van der Waals surface area contributed by atoms with Crippen LogP contribution in [-0.4, -0.2) is 66.3 Å². The maximum Gasteiger partial charge on any atom is 0.253 e. The largest absolute Gasteiger partial charge is 0.352 e. The molecule has 9 nitrogen and oxygen atoms in total. The molecule has 4 heterocycles. The fraction of sp³-hybridized carbons (Fsp3) is 0.208. The van der Waals surface area contributed by atoms with Crippen LogP contribution in [0.3, 0.4) is 0 Å². The Bertz CT molecular complexity index is 1460. The lowest BCUT2D eigenvalue weighted by molar-refractivity contribution is 0.0746. The molecule has 5 aromatic rings. The summed E-state index contributed by atoms with van der Waals surface area (Å²) in [5.41, 5.74) is 4.47. The van der Waals surface area contributed by atoms with Gasteiger partial charge in [0.05, 0.1) is 22.6 Å². The second-order valence-corrected chi connectivity index (χ2v) is 8.13. The zero-order valence-electron chi connectivity index (χ0n) is 18.2. The van der Waals surface area contributed by atoms with Crippen LogP contribution in [0.2, 0.25) is 0 Å². The molecule has 1 fully saturated rings. The van der Waals surface area contributed by atoms with Crippen LogP contribution in [0.25, 0.3) is 27.8 Å². The molecule has 1 aliphatic rings. The van der Waals surface area contributed by atoms with Crippen molar-refractivity contribution in [2.45, 2.75) is 0 Å². The number of piperazine rings is 1. The number of nitrogens with zero attached hydrogens (tertiary/aromatic N) is 8. The zero-order valence-corrected chi connectivity index (χ0v) is 18.2. The number of fused-ring (bicyclic) bond motifs is 2. The van der Waals surface area contributed by atoms with Gasteiger partial charge in [0.15, 0.2) is 5.65 Å². The predicted molar refractivity (Wildman–Crippen MR) is 125 cm³/mol. The smallest absolute Gasteiger partial charge is 0.253 e. The Hall–Kier alpha value is -4.27. The number of para-hydroxylation sites is 2. The van der Waals surface area contributed by atoms with Crippen molar-refractivity contribution in [2.75, 3.05) is 31.1 Å². The summed E-state index contributed by atoms with van der Waals surface area (Å²) in [6.07, 6.45) is 5.18. The third-order valence-corrected chi connectivity index (χ3v) is 6.22. The van der Waals surface area contributed by atoms with Gasteiger partial charge in [0.2, 0.25) is 0 Å². The van der Waals surface area contributed by atoms with E-state index in [2.05, 4.69) is 25.0 Å². The van der Waals surface area contributed by atoms with E-state index in [-0.39, 0.29) is 5.91 Å². The average molecular weight is 438 g/mol. The molecule has 0 atom stereocenters. The first-order valence-electron chi connectivity index (χ1n) is 10.9. The van der Waals surface area contributed by atoms with Crippen molar-refractivity contribution in [3.8, 4) is 5.69 Å². The summed E-state index contributed by atoms with van der Waals surface area (Å²) in [6, 6.07) is 15.7. The van der Waals surface area contributed by atoms with Crippen molar-refractivity contribution in [1.82, 2.24) is 34.2 Å². The van der Waals surface area contributed by atoms with Gasteiger partial charge in [0, 0.05) is 44.5 Å². The third-order valence-electron chi connectivity index (χ3n) is 6.22. The number of anilines is 1. The summed E-state index contributed by atoms with van der Waals surface area (Å²) in [6.45, 7) is 2.70. The van der Waals surface area contributed by atoms with E-state index in [0.717, 1.165) is 33.6 Å². The lowest BCUT2D eigenvalue weighted by Crippen LogP contribution is -2.49. The minimum atomic E-state index is 0.0471. The van der Waals surface area contributed by atoms with E-state index in [0.29, 0.717) is 31.7 Å². The molecule has 1 aliphatic heterocycles. The van der Waals surface area contributed by atoms with E-state index in [4.69, 9.17) is 0 Å². The molecule has 0 unspecified atom stereocenters. The van der Waals surface area contributed by atoms with Crippen LogP contribution in [-0.2, 0) is 7.05 Å². The van der Waals surface area contributed by atoms with E-state index in [1.54, 1.807) is 17.2 Å². The monoisotopic (exact) mass is 438 g/mol. The first-order valence-corrected chi connectivity index (χ1v) is 10.9. The van der Waals surface area contributed by atoms with Gasteiger partial charge >= 0.3 is 0 Å². The number of carbonyl (C=O) groups is 1. The summed E-state index contributed by atoms with van der Waals surface area (Å²) >= 11 is 0. The first kappa shape index (κ1) is 19.4. The van der Waals surface area contributed by atoms with Crippen LogP contribution in [0.15, 0.2) is 67.4 Å². The minimum Gasteiger partial charge on any atom is -0.352 e. The van der Waals surface area contributed by atoms with Gasteiger partial charge in [-0.25, -0.2) is 15.0 Å². The van der Waals surface area contributed by atoms with Crippen molar-refractivity contribution in [1.29, 1.82) is 0 Å². The predicted octanol–water partition coefficient (Wildman–Crippen LogP) is 2.66. The molecule has 33 heavy (non-hydrogen) atoms. The fourth-order valence-electron chi connectivity index (χ4n) is 4.44. The lowest BCUT2D eigenvalue weighted by Gasteiger charge is -2.35. The van der Waals surface area contributed by atoms with E-state index in [1.165, 1.54) is 0 Å². The van der Waals surface area contributed by atoms with Gasteiger partial charge in [-0.15, -0.1) is 0 Å². The molecule has 0 bridgehead atoms. The Morgan fingerprint density at radius 2 is 1.70 bits per heavy atom. The number of rotatable bonds is 3. The van der Waals surface area contributed by atoms with Gasteiger partial charge in [0.1, 0.15) is 18.5 Å². The van der Waals surface area contributed by atoms with Crippen molar-refractivity contribution in [3.05, 3.63) is 72.9 Å². The molecule has 0 spiro atoms. The minimum absolute atomic E-state index is 0.0471. The van der Waals surface area contributed by atoms with Crippen molar-refractivity contribution >= 4 is 33.8 Å². The summed E-state index contributed by atoms with van der Waals surface area (Å²) in [5, 5.41) is 5.23. The molecule has 164 valence electrons. The first-order chi connectivity index (χ1) is 16.2. The molecule has 0 N–H and O–H groups in total. The van der Waals surface area contributed by atoms with E-state index < -0.39 is 0 Å². The van der Waals surface area contributed by atoms with E-state index in [1.807, 2.05) is 71.4 Å². The molecule has 0 saturated carbocycles. The van der Waals surface area contributed by atoms with Gasteiger partial charge in [-0.3, -0.25) is 14.0 Å². The highest BCUT2D eigenvalue weighted by molar-refractivity contribution is 5.95. The number of imidazole rings is 1. The standard InChI is InChI=1S/C24H22N8O/c1-29-22-19(14-28-29)23(26-15-25-22)30-10-12-31(13-11-30)24(33)17-6-8-18(9-7-17)32-16-27-20-4-2-3-5-21(20)32/h2-9,14-16H,10-13H2,1H3. The highest BCUT2D eigenvalue weighted by Crippen LogP contribution is 2.24. The fourth-order valence-corrected chi connectivity index (χ4v) is 4.44. The molecule has 6 rings (SSSR count). The molecular formula is C24H22N8O. The highest BCUT2D eigenvalue weighted by atomic mass is 16.2. The van der Waals surface area contributed by atoms with Gasteiger partial charge in [0.25, 0.3) is 5.91 Å². The summed E-state index contributed by atoms with van der Waals surface area (Å²) in [4.78, 5) is 30.5. The molecule has 0 radical (unpaired) electrons. The maximum absolute atomic E-state index is 13.1. The number of aromatic nitrogens is 6. The average Bonchev–Trinajstić information content (AvgIpc) is 3.48. The van der Waals surface area contributed by atoms with Crippen molar-refractivity contribution in [3.63, 3.8) is 0 Å². The Labute approximate surface area is 189 Å². The van der Waals surface area contributed by atoms with Crippen molar-refractivity contribution in [2.24, 2.45) is 7.05 Å². The van der Waals surface area contributed by atoms with E-state index in [9.17, 15) is 4.79 Å². The number of benzene rings is 2. The third kappa shape index (κ3) is 3.29. The Balaban J connectivity index is 1.17. The van der Waals surface area contributed by atoms with Crippen LogP contribution in [0, 0.1) is 0 Å². The highest BCUT2D eigenvalue weighted by Gasteiger charge is 2.24. The van der Waals surface area contributed by atoms with Gasteiger partial charge in [-0.05, 0) is 36.4 Å². The van der Waals surface area contributed by atoms with E-state index >= 15 is 0 Å². The molecule has 1 amide bonds. The Kier molecular flexibility index (Phi) is 4.53. The summed E-state index contributed by atoms with van der Waals surface area (Å²) in [7, 11) is 1.87. The molecular weight excluding hydrogens is 416 g/mol. The molecule has 0 aliphatic carbocycles. The van der Waals surface area contributed by atoms with Gasteiger partial charge in [-0.1, -0.05) is 12.1 Å². The number of amides is 1. The van der Waals surface area contributed by atoms with Crippen LogP contribution in [0.4, 0.5) is 5.82 Å². The summed E-state index contributed by atoms with van der Waals surface area (Å²) < 4.78 is 3.78.